The van der Waals surface area contributed by atoms with E-state index in [-0.39, 0.29) is 10.6 Å². The second-order valence-electron chi connectivity index (χ2n) is 4.97. The van der Waals surface area contributed by atoms with Crippen molar-refractivity contribution >= 4 is 9.84 Å². The van der Waals surface area contributed by atoms with Gasteiger partial charge in [-0.1, -0.05) is 19.1 Å². The summed E-state index contributed by atoms with van der Waals surface area (Å²) in [5, 5.41) is 3.36. The van der Waals surface area contributed by atoms with Crippen LogP contribution in [0.3, 0.4) is 0 Å². The van der Waals surface area contributed by atoms with Crippen LogP contribution in [0.4, 0.5) is 0 Å². The van der Waals surface area contributed by atoms with Crippen molar-refractivity contribution in [2.45, 2.75) is 44.0 Å². The summed E-state index contributed by atoms with van der Waals surface area (Å²) >= 11 is 0. The van der Waals surface area contributed by atoms with Crippen molar-refractivity contribution < 1.29 is 13.2 Å². The molecular formula is C15H25NO3S. The predicted octanol–water partition coefficient (Wildman–Crippen LogP) is 2.64. The van der Waals surface area contributed by atoms with Gasteiger partial charge in [-0.25, -0.2) is 8.42 Å². The lowest BCUT2D eigenvalue weighted by Crippen LogP contribution is -2.27. The maximum absolute atomic E-state index is 12.3. The molecule has 0 spiro atoms. The summed E-state index contributed by atoms with van der Waals surface area (Å²) in [6.45, 7) is 5.18. The highest BCUT2D eigenvalue weighted by atomic mass is 32.2. The Morgan fingerprint density at radius 3 is 2.65 bits per heavy atom. The fraction of sp³-hybridized carbons (Fsp3) is 0.600. The summed E-state index contributed by atoms with van der Waals surface area (Å²) in [6.07, 6.45) is 2.59. The summed E-state index contributed by atoms with van der Waals surface area (Å²) in [5.74, 6) is 0.579. The molecule has 0 aliphatic carbocycles. The average molecular weight is 299 g/mol. The molecular weight excluding hydrogens is 274 g/mol. The zero-order chi connectivity index (χ0) is 15.0. The van der Waals surface area contributed by atoms with E-state index in [1.807, 2.05) is 0 Å². The van der Waals surface area contributed by atoms with E-state index in [4.69, 9.17) is 4.74 Å². The van der Waals surface area contributed by atoms with Crippen LogP contribution in [-0.2, 0) is 9.84 Å². The topological polar surface area (TPSA) is 55.4 Å². The van der Waals surface area contributed by atoms with Gasteiger partial charge in [0.05, 0.1) is 12.9 Å². The number of hydrogen-bond donors (Lipinski definition) is 1. The van der Waals surface area contributed by atoms with E-state index >= 15 is 0 Å². The molecule has 0 radical (unpaired) electrons. The molecule has 1 unspecified atom stereocenters. The molecule has 1 N–H and O–H groups in total. The third kappa shape index (κ3) is 5.13. The number of rotatable bonds is 9. The van der Waals surface area contributed by atoms with Gasteiger partial charge in [-0.15, -0.1) is 0 Å². The Labute approximate surface area is 122 Å². The fourth-order valence-corrected chi connectivity index (χ4v) is 3.57. The Hall–Kier alpha value is -1.07. The second kappa shape index (κ2) is 8.27. The van der Waals surface area contributed by atoms with E-state index in [9.17, 15) is 8.42 Å². The van der Waals surface area contributed by atoms with Crippen molar-refractivity contribution in [2.24, 2.45) is 0 Å². The quantitative estimate of drug-likeness (QED) is 0.761. The predicted molar refractivity (Wildman–Crippen MR) is 82.0 cm³/mol. The summed E-state index contributed by atoms with van der Waals surface area (Å²) in [7, 11) is -1.78. The van der Waals surface area contributed by atoms with Gasteiger partial charge in [-0.2, -0.15) is 0 Å². The number of sulfone groups is 1. The smallest absolute Gasteiger partial charge is 0.182 e. The molecule has 1 aromatic carbocycles. The van der Waals surface area contributed by atoms with Crippen molar-refractivity contribution in [3.8, 4) is 5.75 Å². The van der Waals surface area contributed by atoms with E-state index < -0.39 is 9.84 Å². The van der Waals surface area contributed by atoms with Gasteiger partial charge in [-0.3, -0.25) is 0 Å². The third-order valence-corrected chi connectivity index (χ3v) is 5.03. The molecule has 1 aromatic rings. The number of benzene rings is 1. The Morgan fingerprint density at radius 1 is 1.30 bits per heavy atom. The van der Waals surface area contributed by atoms with Gasteiger partial charge in [-0.05, 0) is 44.9 Å². The molecule has 0 aliphatic heterocycles. The molecule has 0 heterocycles. The first kappa shape index (κ1) is 17.0. The highest BCUT2D eigenvalue weighted by Gasteiger charge is 2.18. The van der Waals surface area contributed by atoms with Crippen LogP contribution >= 0.6 is 0 Å². The molecule has 0 saturated heterocycles. The maximum Gasteiger partial charge on any atom is 0.182 e. The number of methoxy groups -OCH3 is 1. The summed E-state index contributed by atoms with van der Waals surface area (Å²) in [6, 6.07) is 7.13. The molecule has 20 heavy (non-hydrogen) atoms. The minimum Gasteiger partial charge on any atom is -0.495 e. The van der Waals surface area contributed by atoms with Crippen LogP contribution in [0.1, 0.15) is 33.1 Å². The number of para-hydroxylation sites is 1. The third-order valence-electron chi connectivity index (χ3n) is 3.20. The molecule has 1 atom stereocenters. The maximum atomic E-state index is 12.3. The number of hydrogen-bond acceptors (Lipinski definition) is 4. The highest BCUT2D eigenvalue weighted by molar-refractivity contribution is 7.91. The zero-order valence-electron chi connectivity index (χ0n) is 12.6. The van der Waals surface area contributed by atoms with Crippen molar-refractivity contribution in [2.75, 3.05) is 19.4 Å². The van der Waals surface area contributed by atoms with E-state index in [2.05, 4.69) is 19.2 Å². The lowest BCUT2D eigenvalue weighted by atomic mass is 10.2. The Kier molecular flexibility index (Phi) is 7.02. The van der Waals surface area contributed by atoms with Gasteiger partial charge >= 0.3 is 0 Å². The first-order chi connectivity index (χ1) is 9.51. The van der Waals surface area contributed by atoms with E-state index in [1.54, 1.807) is 24.3 Å². The monoisotopic (exact) mass is 299 g/mol. The van der Waals surface area contributed by atoms with Gasteiger partial charge < -0.3 is 10.1 Å². The number of nitrogens with one attached hydrogen (secondary N) is 1. The molecule has 1 rings (SSSR count). The van der Waals surface area contributed by atoms with Crippen LogP contribution < -0.4 is 10.1 Å². The first-order valence-electron chi connectivity index (χ1n) is 7.10. The van der Waals surface area contributed by atoms with Crippen LogP contribution in [0, 0.1) is 0 Å². The fourth-order valence-electron chi connectivity index (χ4n) is 2.06. The molecule has 4 nitrogen and oxygen atoms in total. The molecule has 0 aliphatic rings. The van der Waals surface area contributed by atoms with Crippen molar-refractivity contribution in [3.05, 3.63) is 24.3 Å². The van der Waals surface area contributed by atoms with Gasteiger partial charge in [0.2, 0.25) is 0 Å². The molecule has 0 saturated carbocycles. The Balaban J connectivity index is 2.58. The lowest BCUT2D eigenvalue weighted by molar-refractivity contribution is 0.402. The minimum absolute atomic E-state index is 0.158. The van der Waals surface area contributed by atoms with E-state index in [0.717, 1.165) is 19.4 Å². The van der Waals surface area contributed by atoms with Crippen molar-refractivity contribution in [1.82, 2.24) is 5.32 Å². The SMILES string of the molecule is CCCNC(C)CCCS(=O)(=O)c1ccccc1OC. The van der Waals surface area contributed by atoms with Gasteiger partial charge in [0.1, 0.15) is 10.6 Å². The largest absolute Gasteiger partial charge is 0.495 e. The van der Waals surface area contributed by atoms with Crippen LogP contribution in [-0.4, -0.2) is 33.9 Å². The first-order valence-corrected chi connectivity index (χ1v) is 8.75. The minimum atomic E-state index is -3.27. The van der Waals surface area contributed by atoms with Crippen LogP contribution in [0.15, 0.2) is 29.2 Å². The Morgan fingerprint density at radius 2 is 2.00 bits per heavy atom. The number of ether oxygens (including phenoxy) is 1. The van der Waals surface area contributed by atoms with Gasteiger partial charge in [0.25, 0.3) is 0 Å². The van der Waals surface area contributed by atoms with Gasteiger partial charge in [0, 0.05) is 6.04 Å². The molecule has 114 valence electrons. The van der Waals surface area contributed by atoms with Crippen LogP contribution in [0.25, 0.3) is 0 Å². The van der Waals surface area contributed by atoms with E-state index in [1.165, 1.54) is 7.11 Å². The second-order valence-corrected chi connectivity index (χ2v) is 7.04. The summed E-state index contributed by atoms with van der Waals surface area (Å²) in [4.78, 5) is 0.289. The zero-order valence-corrected chi connectivity index (χ0v) is 13.4. The summed E-state index contributed by atoms with van der Waals surface area (Å²) in [5.41, 5.74) is 0. The van der Waals surface area contributed by atoms with Crippen molar-refractivity contribution in [3.63, 3.8) is 0 Å². The normalized spacial score (nSPS) is 13.2. The van der Waals surface area contributed by atoms with Crippen LogP contribution in [0.2, 0.25) is 0 Å². The van der Waals surface area contributed by atoms with Crippen molar-refractivity contribution in [1.29, 1.82) is 0 Å². The average Bonchev–Trinajstić information content (AvgIpc) is 2.44. The molecule has 5 heteroatoms. The lowest BCUT2D eigenvalue weighted by Gasteiger charge is -2.13. The standard InChI is InChI=1S/C15H25NO3S/c1-4-11-16-13(2)8-7-12-20(17,18)15-10-6-5-9-14(15)19-3/h5-6,9-10,13,16H,4,7-8,11-12H2,1-3H3. The van der Waals surface area contributed by atoms with E-state index in [0.29, 0.717) is 18.2 Å². The molecule has 0 amide bonds. The van der Waals surface area contributed by atoms with Crippen LogP contribution in [0.5, 0.6) is 5.75 Å². The molecule has 0 fully saturated rings. The molecule has 0 aromatic heterocycles. The molecule has 0 bridgehead atoms. The highest BCUT2D eigenvalue weighted by Crippen LogP contribution is 2.24. The summed E-state index contributed by atoms with van der Waals surface area (Å²) < 4.78 is 29.7. The van der Waals surface area contributed by atoms with Gasteiger partial charge in [0.15, 0.2) is 9.84 Å². The Bertz CT molecular complexity index is 500.